The lowest BCUT2D eigenvalue weighted by atomic mass is 10.1. The molecule has 2 unspecified atom stereocenters. The molecule has 0 aromatic heterocycles. The third-order valence-electron chi connectivity index (χ3n) is 4.43. The fourth-order valence-corrected chi connectivity index (χ4v) is 3.11. The summed E-state index contributed by atoms with van der Waals surface area (Å²) in [6, 6.07) is 14.8. The van der Waals surface area contributed by atoms with Gasteiger partial charge in [-0.15, -0.1) is 0 Å². The predicted octanol–water partition coefficient (Wildman–Crippen LogP) is 3.28. The Morgan fingerprint density at radius 3 is 2.65 bits per heavy atom. The van der Waals surface area contributed by atoms with E-state index in [4.69, 9.17) is 16.3 Å². The monoisotopic (exact) mass is 372 g/mol. The molecule has 1 saturated carbocycles. The number of para-hydroxylation sites is 2. The zero-order chi connectivity index (χ0) is 18.5. The predicted molar refractivity (Wildman–Crippen MR) is 101 cm³/mol. The Kier molecular flexibility index (Phi) is 5.78. The fourth-order valence-electron chi connectivity index (χ4n) is 2.90. The van der Waals surface area contributed by atoms with Crippen molar-refractivity contribution in [2.45, 2.75) is 12.8 Å². The van der Waals surface area contributed by atoms with Gasteiger partial charge in [-0.25, -0.2) is 0 Å². The van der Waals surface area contributed by atoms with Crippen molar-refractivity contribution >= 4 is 29.1 Å². The number of ether oxygens (including phenoxy) is 1. The molecule has 1 aliphatic rings. The van der Waals surface area contributed by atoms with Gasteiger partial charge in [-0.05, 0) is 42.7 Å². The smallest absolute Gasteiger partial charge is 0.228 e. The molecule has 0 spiro atoms. The van der Waals surface area contributed by atoms with Crippen LogP contribution >= 0.6 is 11.6 Å². The van der Waals surface area contributed by atoms with Crippen LogP contribution < -0.4 is 15.4 Å². The van der Waals surface area contributed by atoms with Crippen LogP contribution in [-0.2, 0) is 16.0 Å². The molecule has 136 valence electrons. The molecule has 1 aliphatic carbocycles. The van der Waals surface area contributed by atoms with Crippen LogP contribution in [0.25, 0.3) is 0 Å². The lowest BCUT2D eigenvalue weighted by Gasteiger charge is -2.09. The average Bonchev–Trinajstić information content (AvgIpc) is 3.43. The van der Waals surface area contributed by atoms with Crippen LogP contribution in [0.5, 0.6) is 5.75 Å². The molecule has 26 heavy (non-hydrogen) atoms. The number of amides is 2. The molecule has 2 N–H and O–H groups in total. The summed E-state index contributed by atoms with van der Waals surface area (Å²) < 4.78 is 5.22. The molecule has 0 saturated heterocycles. The number of hydrogen-bond donors (Lipinski definition) is 2. The molecule has 2 aromatic carbocycles. The van der Waals surface area contributed by atoms with E-state index in [2.05, 4.69) is 10.6 Å². The van der Waals surface area contributed by atoms with Crippen molar-refractivity contribution in [2.24, 2.45) is 11.8 Å². The summed E-state index contributed by atoms with van der Waals surface area (Å²) in [6.45, 7) is 0.524. The zero-order valence-electron chi connectivity index (χ0n) is 14.5. The third kappa shape index (κ3) is 4.55. The van der Waals surface area contributed by atoms with Gasteiger partial charge < -0.3 is 15.4 Å². The summed E-state index contributed by atoms with van der Waals surface area (Å²) in [5.74, 6) is -0.170. The number of benzene rings is 2. The van der Waals surface area contributed by atoms with Crippen molar-refractivity contribution in [2.75, 3.05) is 19.0 Å². The SMILES string of the molecule is COc1ccccc1NC(=O)C1CC1C(=O)NCCc1cccc(Cl)c1. The van der Waals surface area contributed by atoms with Crippen molar-refractivity contribution in [3.05, 3.63) is 59.1 Å². The molecule has 0 bridgehead atoms. The summed E-state index contributed by atoms with van der Waals surface area (Å²) in [6.07, 6.45) is 1.28. The molecule has 2 atom stereocenters. The highest BCUT2D eigenvalue weighted by Crippen LogP contribution is 2.40. The van der Waals surface area contributed by atoms with Gasteiger partial charge in [0, 0.05) is 11.6 Å². The first kappa shape index (κ1) is 18.3. The first-order valence-electron chi connectivity index (χ1n) is 8.54. The van der Waals surface area contributed by atoms with E-state index in [0.717, 1.165) is 5.56 Å². The molecular weight excluding hydrogens is 352 g/mol. The summed E-state index contributed by atoms with van der Waals surface area (Å²) in [5.41, 5.74) is 1.69. The number of methoxy groups -OCH3 is 1. The van der Waals surface area contributed by atoms with E-state index in [9.17, 15) is 9.59 Å². The largest absolute Gasteiger partial charge is 0.495 e. The summed E-state index contributed by atoms with van der Waals surface area (Å²) in [4.78, 5) is 24.5. The minimum atomic E-state index is -0.286. The molecule has 2 aromatic rings. The Hall–Kier alpha value is -2.53. The van der Waals surface area contributed by atoms with Crippen molar-refractivity contribution in [3.63, 3.8) is 0 Å². The first-order chi connectivity index (χ1) is 12.6. The van der Waals surface area contributed by atoms with Gasteiger partial charge in [0.05, 0.1) is 24.6 Å². The second-order valence-electron chi connectivity index (χ2n) is 6.31. The van der Waals surface area contributed by atoms with Crippen LogP contribution in [0.1, 0.15) is 12.0 Å². The van der Waals surface area contributed by atoms with Crippen molar-refractivity contribution in [1.82, 2.24) is 5.32 Å². The van der Waals surface area contributed by atoms with Crippen LogP contribution in [0.15, 0.2) is 48.5 Å². The van der Waals surface area contributed by atoms with Gasteiger partial charge in [-0.2, -0.15) is 0 Å². The van der Waals surface area contributed by atoms with Crippen LogP contribution in [0, 0.1) is 11.8 Å². The lowest BCUT2D eigenvalue weighted by molar-refractivity contribution is -0.125. The van der Waals surface area contributed by atoms with Gasteiger partial charge in [0.15, 0.2) is 0 Å². The molecule has 2 amide bonds. The molecule has 0 heterocycles. The van der Waals surface area contributed by atoms with Gasteiger partial charge in [0.1, 0.15) is 5.75 Å². The van der Waals surface area contributed by atoms with Gasteiger partial charge in [-0.1, -0.05) is 35.9 Å². The van der Waals surface area contributed by atoms with Gasteiger partial charge in [0.25, 0.3) is 0 Å². The second-order valence-corrected chi connectivity index (χ2v) is 6.75. The standard InChI is InChI=1S/C20H21ClN2O3/c1-26-18-8-3-2-7-17(18)23-20(25)16-12-15(16)19(24)22-10-9-13-5-4-6-14(21)11-13/h2-8,11,15-16H,9-10,12H2,1H3,(H,22,24)(H,23,25). The highest BCUT2D eigenvalue weighted by Gasteiger charge is 2.48. The van der Waals surface area contributed by atoms with Crippen molar-refractivity contribution in [1.29, 1.82) is 0 Å². The first-order valence-corrected chi connectivity index (χ1v) is 8.92. The topological polar surface area (TPSA) is 67.4 Å². The number of halogens is 1. The Balaban J connectivity index is 1.45. The molecule has 3 rings (SSSR count). The van der Waals surface area contributed by atoms with Crippen molar-refractivity contribution < 1.29 is 14.3 Å². The highest BCUT2D eigenvalue weighted by molar-refractivity contribution is 6.30. The van der Waals surface area contributed by atoms with Gasteiger partial charge in [-0.3, -0.25) is 9.59 Å². The van der Waals surface area contributed by atoms with Crippen LogP contribution in [0.2, 0.25) is 5.02 Å². The molecule has 0 aliphatic heterocycles. The summed E-state index contributed by atoms with van der Waals surface area (Å²) in [5, 5.41) is 6.42. The van der Waals surface area contributed by atoms with Crippen LogP contribution in [-0.4, -0.2) is 25.5 Å². The molecule has 6 heteroatoms. The van der Waals surface area contributed by atoms with E-state index >= 15 is 0 Å². The maximum Gasteiger partial charge on any atom is 0.228 e. The van der Waals surface area contributed by atoms with Crippen LogP contribution in [0.4, 0.5) is 5.69 Å². The number of nitrogens with one attached hydrogen (secondary N) is 2. The van der Waals surface area contributed by atoms with E-state index in [-0.39, 0.29) is 23.7 Å². The number of carbonyl (C=O) groups excluding carboxylic acids is 2. The van der Waals surface area contributed by atoms with Crippen molar-refractivity contribution in [3.8, 4) is 5.75 Å². The number of anilines is 1. The van der Waals surface area contributed by atoms with E-state index in [1.165, 1.54) is 0 Å². The van der Waals surface area contributed by atoms with Crippen LogP contribution in [0.3, 0.4) is 0 Å². The fraction of sp³-hybridized carbons (Fsp3) is 0.300. The van der Waals surface area contributed by atoms with E-state index in [0.29, 0.717) is 35.8 Å². The minimum Gasteiger partial charge on any atom is -0.495 e. The maximum atomic E-state index is 12.3. The lowest BCUT2D eigenvalue weighted by Crippen LogP contribution is -2.29. The molecular formula is C20H21ClN2O3. The number of hydrogen-bond acceptors (Lipinski definition) is 3. The van der Waals surface area contributed by atoms with Gasteiger partial charge in [0.2, 0.25) is 11.8 Å². The molecule has 0 radical (unpaired) electrons. The molecule has 5 nitrogen and oxygen atoms in total. The highest BCUT2D eigenvalue weighted by atomic mass is 35.5. The Bertz CT molecular complexity index is 809. The minimum absolute atomic E-state index is 0.0767. The second kappa shape index (κ2) is 8.23. The Labute approximate surface area is 157 Å². The summed E-state index contributed by atoms with van der Waals surface area (Å²) >= 11 is 5.95. The molecule has 1 fully saturated rings. The third-order valence-corrected chi connectivity index (χ3v) is 4.67. The average molecular weight is 373 g/mol. The zero-order valence-corrected chi connectivity index (χ0v) is 15.3. The maximum absolute atomic E-state index is 12.3. The van der Waals surface area contributed by atoms with E-state index < -0.39 is 0 Å². The summed E-state index contributed by atoms with van der Waals surface area (Å²) in [7, 11) is 1.55. The number of rotatable bonds is 7. The Morgan fingerprint density at radius 1 is 1.12 bits per heavy atom. The normalized spacial score (nSPS) is 18.1. The van der Waals surface area contributed by atoms with Gasteiger partial charge >= 0.3 is 0 Å². The van der Waals surface area contributed by atoms with E-state index in [1.54, 1.807) is 19.2 Å². The quantitative estimate of drug-likeness (QED) is 0.783. The van der Waals surface area contributed by atoms with E-state index in [1.807, 2.05) is 36.4 Å². The number of carbonyl (C=O) groups is 2. The Morgan fingerprint density at radius 2 is 1.88 bits per heavy atom.